The van der Waals surface area contributed by atoms with Gasteiger partial charge < -0.3 is 19.3 Å². The van der Waals surface area contributed by atoms with Gasteiger partial charge in [-0.15, -0.1) is 0 Å². The molecule has 0 unspecified atom stereocenters. The highest BCUT2D eigenvalue weighted by Gasteiger charge is 2.28. The molecule has 2 aromatic rings. The fourth-order valence-electron chi connectivity index (χ4n) is 2.83. The Hall–Kier alpha value is -2.48. The summed E-state index contributed by atoms with van der Waals surface area (Å²) in [5.41, 5.74) is 0.110. The van der Waals surface area contributed by atoms with Crippen LogP contribution in [0.2, 0.25) is 0 Å². The van der Waals surface area contributed by atoms with E-state index in [4.69, 9.17) is 9.26 Å². The van der Waals surface area contributed by atoms with E-state index in [0.717, 1.165) is 31.4 Å². The lowest BCUT2D eigenvalue weighted by atomic mass is 10.0. The molecule has 1 aliphatic heterocycles. The molecule has 1 aliphatic rings. The van der Waals surface area contributed by atoms with E-state index in [1.165, 1.54) is 12.1 Å². The van der Waals surface area contributed by atoms with Crippen LogP contribution in [0.25, 0.3) is 0 Å². The molecule has 25 heavy (non-hydrogen) atoms. The summed E-state index contributed by atoms with van der Waals surface area (Å²) >= 11 is 0. The van der Waals surface area contributed by atoms with Gasteiger partial charge in [0, 0.05) is 18.7 Å². The molecule has 0 spiro atoms. The molecule has 0 bridgehead atoms. The van der Waals surface area contributed by atoms with E-state index in [0.29, 0.717) is 6.54 Å². The second kappa shape index (κ2) is 7.60. The lowest BCUT2D eigenvalue weighted by Gasteiger charge is -2.33. The summed E-state index contributed by atoms with van der Waals surface area (Å²) < 4.78 is 36.6. The molecule has 1 fully saturated rings. The Morgan fingerprint density at radius 2 is 2.20 bits per heavy atom. The largest absolute Gasteiger partial charge is 0.482 e. The van der Waals surface area contributed by atoms with Crippen LogP contribution in [0.5, 0.6) is 5.75 Å². The van der Waals surface area contributed by atoms with Crippen molar-refractivity contribution in [2.24, 2.45) is 0 Å². The highest BCUT2D eigenvalue weighted by molar-refractivity contribution is 5.92. The summed E-state index contributed by atoms with van der Waals surface area (Å²) in [6.07, 6.45) is 2.59. The topological polar surface area (TPSA) is 75.8 Å². The molecule has 1 saturated heterocycles. The first-order valence-electron chi connectivity index (χ1n) is 8.03. The van der Waals surface area contributed by atoms with E-state index < -0.39 is 11.6 Å². The SMILES string of the molecule is O=C(c1cc(COc2ccc(F)cc2F)on1)N1CCCC[C@@H]1CO. The molecule has 0 radical (unpaired) electrons. The smallest absolute Gasteiger partial charge is 0.276 e. The average Bonchev–Trinajstić information content (AvgIpc) is 3.09. The van der Waals surface area contributed by atoms with Crippen LogP contribution in [0.1, 0.15) is 35.5 Å². The van der Waals surface area contributed by atoms with Crippen molar-refractivity contribution in [2.75, 3.05) is 13.2 Å². The first-order chi connectivity index (χ1) is 12.1. The molecule has 3 rings (SSSR count). The number of likely N-dealkylation sites (tertiary alicyclic amines) is 1. The molecule has 134 valence electrons. The number of aliphatic hydroxyl groups excluding tert-OH is 1. The second-order valence-corrected chi connectivity index (χ2v) is 5.87. The summed E-state index contributed by atoms with van der Waals surface area (Å²) in [7, 11) is 0. The van der Waals surface area contributed by atoms with E-state index in [1.54, 1.807) is 4.90 Å². The number of nitrogens with zero attached hydrogens (tertiary/aromatic N) is 2. The van der Waals surface area contributed by atoms with Gasteiger partial charge in [0.2, 0.25) is 0 Å². The zero-order valence-electron chi connectivity index (χ0n) is 13.5. The zero-order chi connectivity index (χ0) is 17.8. The van der Waals surface area contributed by atoms with Gasteiger partial charge >= 0.3 is 0 Å². The van der Waals surface area contributed by atoms with Crippen molar-refractivity contribution in [3.05, 3.63) is 47.4 Å². The summed E-state index contributed by atoms with van der Waals surface area (Å²) in [6, 6.07) is 4.18. The van der Waals surface area contributed by atoms with Crippen LogP contribution in [0, 0.1) is 11.6 Å². The number of carbonyl (C=O) groups is 1. The third-order valence-electron chi connectivity index (χ3n) is 4.14. The number of aromatic nitrogens is 1. The maximum Gasteiger partial charge on any atom is 0.276 e. The number of hydrogen-bond acceptors (Lipinski definition) is 5. The molecule has 8 heteroatoms. The Bertz CT molecular complexity index is 750. The van der Waals surface area contributed by atoms with Crippen LogP contribution in [0.3, 0.4) is 0 Å². The van der Waals surface area contributed by atoms with Gasteiger partial charge in [0.25, 0.3) is 5.91 Å². The van der Waals surface area contributed by atoms with Gasteiger partial charge in [0.15, 0.2) is 23.0 Å². The zero-order valence-corrected chi connectivity index (χ0v) is 13.5. The van der Waals surface area contributed by atoms with E-state index in [2.05, 4.69) is 5.16 Å². The van der Waals surface area contributed by atoms with Crippen molar-refractivity contribution in [1.29, 1.82) is 0 Å². The molecular weight excluding hydrogens is 334 g/mol. The Morgan fingerprint density at radius 3 is 2.96 bits per heavy atom. The Labute approximate surface area is 143 Å². The highest BCUT2D eigenvalue weighted by Crippen LogP contribution is 2.21. The summed E-state index contributed by atoms with van der Waals surface area (Å²) in [6.45, 7) is 0.319. The number of benzene rings is 1. The van der Waals surface area contributed by atoms with Crippen molar-refractivity contribution in [3.63, 3.8) is 0 Å². The predicted molar refractivity (Wildman–Crippen MR) is 83.0 cm³/mol. The van der Waals surface area contributed by atoms with Crippen LogP contribution in [-0.4, -0.2) is 40.3 Å². The van der Waals surface area contributed by atoms with Crippen LogP contribution in [0.15, 0.2) is 28.8 Å². The first-order valence-corrected chi connectivity index (χ1v) is 8.03. The van der Waals surface area contributed by atoms with Gasteiger partial charge in [-0.3, -0.25) is 4.79 Å². The molecule has 1 amide bonds. The van der Waals surface area contributed by atoms with Gasteiger partial charge in [-0.2, -0.15) is 0 Å². The van der Waals surface area contributed by atoms with Crippen LogP contribution in [0.4, 0.5) is 8.78 Å². The number of rotatable bonds is 5. The van der Waals surface area contributed by atoms with E-state index in [-0.39, 0.29) is 42.4 Å². The Balaban J connectivity index is 1.64. The van der Waals surface area contributed by atoms with Gasteiger partial charge in [0.1, 0.15) is 12.4 Å². The van der Waals surface area contributed by atoms with Gasteiger partial charge in [-0.25, -0.2) is 8.78 Å². The van der Waals surface area contributed by atoms with Crippen LogP contribution >= 0.6 is 0 Å². The minimum atomic E-state index is -0.824. The third-order valence-corrected chi connectivity index (χ3v) is 4.14. The fourth-order valence-corrected chi connectivity index (χ4v) is 2.83. The molecule has 6 nitrogen and oxygen atoms in total. The predicted octanol–water partition coefficient (Wildman–Crippen LogP) is 2.52. The van der Waals surface area contributed by atoms with Crippen molar-refractivity contribution < 1.29 is 27.9 Å². The minimum Gasteiger partial charge on any atom is -0.482 e. The molecule has 1 aromatic carbocycles. The third kappa shape index (κ3) is 3.96. The lowest BCUT2D eigenvalue weighted by Crippen LogP contribution is -2.45. The van der Waals surface area contributed by atoms with E-state index >= 15 is 0 Å². The lowest BCUT2D eigenvalue weighted by molar-refractivity contribution is 0.0493. The molecule has 1 aromatic heterocycles. The fraction of sp³-hybridized carbons (Fsp3) is 0.412. The second-order valence-electron chi connectivity index (χ2n) is 5.87. The van der Waals surface area contributed by atoms with Crippen LogP contribution in [-0.2, 0) is 6.61 Å². The van der Waals surface area contributed by atoms with Crippen molar-refractivity contribution in [3.8, 4) is 5.75 Å². The maximum atomic E-state index is 13.5. The number of halogens is 2. The number of piperidine rings is 1. The minimum absolute atomic E-state index is 0.0938. The Morgan fingerprint density at radius 1 is 1.36 bits per heavy atom. The molecule has 1 N–H and O–H groups in total. The molecule has 1 atom stereocenters. The van der Waals surface area contributed by atoms with Gasteiger partial charge in [0.05, 0.1) is 12.6 Å². The monoisotopic (exact) mass is 352 g/mol. The van der Waals surface area contributed by atoms with Crippen molar-refractivity contribution in [1.82, 2.24) is 10.1 Å². The average molecular weight is 352 g/mol. The van der Waals surface area contributed by atoms with Crippen molar-refractivity contribution in [2.45, 2.75) is 31.9 Å². The maximum absolute atomic E-state index is 13.5. The molecular formula is C17H18F2N2O4. The van der Waals surface area contributed by atoms with Crippen molar-refractivity contribution >= 4 is 5.91 Å². The van der Waals surface area contributed by atoms with Gasteiger partial charge in [-0.1, -0.05) is 5.16 Å². The quantitative estimate of drug-likeness (QED) is 0.895. The summed E-state index contributed by atoms with van der Waals surface area (Å²) in [5.74, 6) is -1.72. The Kier molecular flexibility index (Phi) is 5.28. The normalized spacial score (nSPS) is 17.6. The van der Waals surface area contributed by atoms with Gasteiger partial charge in [-0.05, 0) is 31.4 Å². The number of carbonyl (C=O) groups excluding carboxylic acids is 1. The number of amides is 1. The molecule has 0 aliphatic carbocycles. The molecule has 0 saturated carbocycles. The standard InChI is InChI=1S/C17H18F2N2O4/c18-11-4-5-16(14(19)7-11)24-10-13-8-15(20-25-13)17(23)21-6-2-1-3-12(21)9-22/h4-5,7-8,12,22H,1-3,6,9-10H2/t12-/m1/s1. The number of ether oxygens (including phenoxy) is 1. The molecule has 2 heterocycles. The first kappa shape index (κ1) is 17.3. The number of hydrogen-bond donors (Lipinski definition) is 1. The summed E-state index contributed by atoms with van der Waals surface area (Å²) in [5, 5.41) is 13.1. The number of aliphatic hydroxyl groups is 1. The van der Waals surface area contributed by atoms with E-state index in [9.17, 15) is 18.7 Å². The van der Waals surface area contributed by atoms with E-state index in [1.807, 2.05) is 0 Å². The highest BCUT2D eigenvalue weighted by atomic mass is 19.1. The van der Waals surface area contributed by atoms with Crippen LogP contribution < -0.4 is 4.74 Å². The summed E-state index contributed by atoms with van der Waals surface area (Å²) in [4.78, 5) is 14.1.